The van der Waals surface area contributed by atoms with Crippen molar-refractivity contribution in [1.82, 2.24) is 0 Å². The van der Waals surface area contributed by atoms with E-state index in [9.17, 15) is 0 Å². The highest BCUT2D eigenvalue weighted by atomic mass is 16.5. The van der Waals surface area contributed by atoms with Crippen molar-refractivity contribution in [2.75, 3.05) is 7.11 Å². The maximum atomic E-state index is 6.44. The summed E-state index contributed by atoms with van der Waals surface area (Å²) >= 11 is 0. The molecular weight excluding hydrogens is 286 g/mol. The van der Waals surface area contributed by atoms with Crippen molar-refractivity contribution in [3.8, 4) is 11.5 Å². The predicted octanol–water partition coefficient (Wildman–Crippen LogP) is 4.46. The molecule has 23 heavy (non-hydrogen) atoms. The summed E-state index contributed by atoms with van der Waals surface area (Å²) in [6.07, 6.45) is 5.06. The Balaban J connectivity index is 1.71. The van der Waals surface area contributed by atoms with Gasteiger partial charge in [0, 0.05) is 6.04 Å². The third-order valence-corrected chi connectivity index (χ3v) is 4.72. The maximum Gasteiger partial charge on any atom is 0.161 e. The largest absolute Gasteiger partial charge is 0.493 e. The molecule has 0 radical (unpaired) electrons. The van der Waals surface area contributed by atoms with Crippen LogP contribution in [0.2, 0.25) is 0 Å². The van der Waals surface area contributed by atoms with Gasteiger partial charge in [0.2, 0.25) is 0 Å². The van der Waals surface area contributed by atoms with Gasteiger partial charge < -0.3 is 15.2 Å². The summed E-state index contributed by atoms with van der Waals surface area (Å²) < 4.78 is 11.4. The van der Waals surface area contributed by atoms with Crippen LogP contribution in [0.25, 0.3) is 0 Å². The van der Waals surface area contributed by atoms with E-state index in [1.165, 1.54) is 25.7 Å². The summed E-state index contributed by atoms with van der Waals surface area (Å²) in [5.74, 6) is 2.11. The molecule has 0 spiro atoms. The van der Waals surface area contributed by atoms with Gasteiger partial charge in [-0.25, -0.2) is 0 Å². The quantitative estimate of drug-likeness (QED) is 0.856. The van der Waals surface area contributed by atoms with Crippen LogP contribution in [0, 0.1) is 5.92 Å². The van der Waals surface area contributed by atoms with Crippen LogP contribution < -0.4 is 15.2 Å². The van der Waals surface area contributed by atoms with Crippen LogP contribution in [0.15, 0.2) is 48.5 Å². The molecule has 3 heteroatoms. The van der Waals surface area contributed by atoms with Crippen LogP contribution in [0.4, 0.5) is 0 Å². The third kappa shape index (κ3) is 3.85. The van der Waals surface area contributed by atoms with E-state index in [2.05, 4.69) is 18.2 Å². The summed E-state index contributed by atoms with van der Waals surface area (Å²) in [6.45, 7) is 0.533. The zero-order chi connectivity index (χ0) is 16.1. The molecule has 1 fully saturated rings. The first-order chi connectivity index (χ1) is 11.3. The Bertz CT molecular complexity index is 621. The second kappa shape index (κ2) is 7.51. The molecule has 1 aliphatic carbocycles. The topological polar surface area (TPSA) is 44.5 Å². The average Bonchev–Trinajstić information content (AvgIpc) is 3.14. The van der Waals surface area contributed by atoms with Crippen LogP contribution in [-0.2, 0) is 6.61 Å². The molecule has 1 aliphatic rings. The Morgan fingerprint density at radius 2 is 1.78 bits per heavy atom. The summed E-state index contributed by atoms with van der Waals surface area (Å²) in [4.78, 5) is 0. The molecule has 0 heterocycles. The fourth-order valence-electron chi connectivity index (χ4n) is 3.33. The lowest BCUT2D eigenvalue weighted by atomic mass is 9.92. The summed E-state index contributed by atoms with van der Waals surface area (Å²) in [6, 6.07) is 16.3. The van der Waals surface area contributed by atoms with Crippen molar-refractivity contribution in [2.24, 2.45) is 11.7 Å². The maximum absolute atomic E-state index is 6.44. The van der Waals surface area contributed by atoms with Gasteiger partial charge in [-0.05, 0) is 42.0 Å². The highest BCUT2D eigenvalue weighted by molar-refractivity contribution is 5.44. The number of methoxy groups -OCH3 is 1. The SMILES string of the molecule is COc1cc([C@H](N)C2CCCC2)ccc1OCc1ccccc1. The first kappa shape index (κ1) is 15.9. The molecule has 122 valence electrons. The van der Waals surface area contributed by atoms with Crippen LogP contribution >= 0.6 is 0 Å². The Hall–Kier alpha value is -2.00. The van der Waals surface area contributed by atoms with E-state index >= 15 is 0 Å². The number of benzene rings is 2. The second-order valence-corrected chi connectivity index (χ2v) is 6.25. The Morgan fingerprint density at radius 3 is 2.48 bits per heavy atom. The smallest absolute Gasteiger partial charge is 0.161 e. The molecule has 0 aliphatic heterocycles. The van der Waals surface area contributed by atoms with Crippen LogP contribution in [0.1, 0.15) is 42.9 Å². The summed E-state index contributed by atoms with van der Waals surface area (Å²) in [5.41, 5.74) is 8.72. The van der Waals surface area contributed by atoms with E-state index in [4.69, 9.17) is 15.2 Å². The summed E-state index contributed by atoms with van der Waals surface area (Å²) in [5, 5.41) is 0. The minimum atomic E-state index is 0.0922. The van der Waals surface area contributed by atoms with Crippen molar-refractivity contribution in [1.29, 1.82) is 0 Å². The molecule has 3 rings (SSSR count). The van der Waals surface area contributed by atoms with Gasteiger partial charge in [0.1, 0.15) is 6.61 Å². The highest BCUT2D eigenvalue weighted by Gasteiger charge is 2.24. The van der Waals surface area contributed by atoms with Crippen molar-refractivity contribution in [3.63, 3.8) is 0 Å². The lowest BCUT2D eigenvalue weighted by Gasteiger charge is -2.20. The van der Waals surface area contributed by atoms with Crippen LogP contribution in [0.5, 0.6) is 11.5 Å². The molecule has 2 N–H and O–H groups in total. The van der Waals surface area contributed by atoms with E-state index in [0.29, 0.717) is 12.5 Å². The van der Waals surface area contributed by atoms with Crippen LogP contribution in [-0.4, -0.2) is 7.11 Å². The predicted molar refractivity (Wildman–Crippen MR) is 92.7 cm³/mol. The molecule has 0 unspecified atom stereocenters. The van der Waals surface area contributed by atoms with E-state index in [1.807, 2.05) is 30.3 Å². The van der Waals surface area contributed by atoms with Gasteiger partial charge >= 0.3 is 0 Å². The van der Waals surface area contributed by atoms with Crippen molar-refractivity contribution in [3.05, 3.63) is 59.7 Å². The molecule has 2 aromatic rings. The third-order valence-electron chi connectivity index (χ3n) is 4.72. The fraction of sp³-hybridized carbons (Fsp3) is 0.400. The molecule has 0 bridgehead atoms. The van der Waals surface area contributed by atoms with Crippen molar-refractivity contribution >= 4 is 0 Å². The zero-order valence-electron chi connectivity index (χ0n) is 13.7. The molecular formula is C20H25NO2. The van der Waals surface area contributed by atoms with Crippen LogP contribution in [0.3, 0.4) is 0 Å². The lowest BCUT2D eigenvalue weighted by molar-refractivity contribution is 0.284. The minimum absolute atomic E-state index is 0.0922. The Kier molecular flexibility index (Phi) is 5.19. The Morgan fingerprint density at radius 1 is 1.04 bits per heavy atom. The van der Waals surface area contributed by atoms with Gasteiger partial charge in [-0.3, -0.25) is 0 Å². The van der Waals surface area contributed by atoms with E-state index in [0.717, 1.165) is 22.6 Å². The second-order valence-electron chi connectivity index (χ2n) is 6.25. The molecule has 2 aromatic carbocycles. The standard InChI is InChI=1S/C20H25NO2/c1-22-19-13-17(20(21)16-9-5-6-10-16)11-12-18(19)23-14-15-7-3-2-4-8-15/h2-4,7-8,11-13,16,20H,5-6,9-10,14,21H2,1H3/t20-/m1/s1. The first-order valence-corrected chi connectivity index (χ1v) is 8.38. The van der Waals surface area contributed by atoms with E-state index < -0.39 is 0 Å². The fourth-order valence-corrected chi connectivity index (χ4v) is 3.33. The lowest BCUT2D eigenvalue weighted by Crippen LogP contribution is -2.19. The number of hydrogen-bond donors (Lipinski definition) is 1. The van der Waals surface area contributed by atoms with E-state index in [-0.39, 0.29) is 6.04 Å². The van der Waals surface area contributed by atoms with Crippen molar-refractivity contribution in [2.45, 2.75) is 38.3 Å². The first-order valence-electron chi connectivity index (χ1n) is 8.38. The van der Waals surface area contributed by atoms with E-state index in [1.54, 1.807) is 7.11 Å². The van der Waals surface area contributed by atoms with Gasteiger partial charge in [0.15, 0.2) is 11.5 Å². The number of nitrogens with two attached hydrogens (primary N) is 1. The number of ether oxygens (including phenoxy) is 2. The molecule has 1 saturated carbocycles. The van der Waals surface area contributed by atoms with Gasteiger partial charge in [-0.2, -0.15) is 0 Å². The molecule has 0 amide bonds. The highest BCUT2D eigenvalue weighted by Crippen LogP contribution is 2.37. The van der Waals surface area contributed by atoms with Gasteiger partial charge in [0.25, 0.3) is 0 Å². The minimum Gasteiger partial charge on any atom is -0.493 e. The van der Waals surface area contributed by atoms with Crippen molar-refractivity contribution < 1.29 is 9.47 Å². The molecule has 0 saturated heterocycles. The van der Waals surface area contributed by atoms with Gasteiger partial charge in [-0.15, -0.1) is 0 Å². The Labute approximate surface area is 138 Å². The zero-order valence-corrected chi connectivity index (χ0v) is 13.7. The average molecular weight is 311 g/mol. The summed E-state index contributed by atoms with van der Waals surface area (Å²) in [7, 11) is 1.68. The number of rotatable bonds is 6. The molecule has 1 atom stereocenters. The molecule has 0 aromatic heterocycles. The monoisotopic (exact) mass is 311 g/mol. The molecule has 3 nitrogen and oxygen atoms in total. The van der Waals surface area contributed by atoms with Gasteiger partial charge in [-0.1, -0.05) is 49.2 Å². The normalized spacial score (nSPS) is 16.3. The van der Waals surface area contributed by atoms with Gasteiger partial charge in [0.05, 0.1) is 7.11 Å². The number of hydrogen-bond acceptors (Lipinski definition) is 3.